The summed E-state index contributed by atoms with van der Waals surface area (Å²) < 4.78 is 12.8. The van der Waals surface area contributed by atoms with Gasteiger partial charge in [-0.3, -0.25) is 0 Å². The third kappa shape index (κ3) is 4.80. The van der Waals surface area contributed by atoms with E-state index in [2.05, 4.69) is 67.0 Å². The highest BCUT2D eigenvalue weighted by molar-refractivity contribution is 6.81. The lowest BCUT2D eigenvalue weighted by Gasteiger charge is -2.51. The molecule has 136 valence electrons. The summed E-state index contributed by atoms with van der Waals surface area (Å²) in [7, 11) is -3.84. The van der Waals surface area contributed by atoms with Crippen molar-refractivity contribution in [3.05, 3.63) is 12.2 Å². The molecule has 0 heterocycles. The molecule has 0 saturated heterocycles. The topological polar surface area (TPSA) is 35.5 Å². The van der Waals surface area contributed by atoms with E-state index in [1.807, 2.05) is 0 Å². The van der Waals surface area contributed by atoms with Gasteiger partial charge in [0.25, 0.3) is 0 Å². The van der Waals surface area contributed by atoms with Gasteiger partial charge >= 0.3 is 5.97 Å². The first-order valence-corrected chi connectivity index (χ1v) is 15.2. The zero-order valence-electron chi connectivity index (χ0n) is 17.1. The van der Waals surface area contributed by atoms with Gasteiger partial charge in [0.15, 0.2) is 0 Å². The fraction of sp³-hybridized carbons (Fsp3) is 0.833. The molecule has 0 N–H and O–H groups in total. The van der Waals surface area contributed by atoms with Crippen molar-refractivity contribution in [1.29, 1.82) is 0 Å². The molecule has 0 bridgehead atoms. The van der Waals surface area contributed by atoms with Crippen molar-refractivity contribution < 1.29 is 14.0 Å². The second-order valence-corrected chi connectivity index (χ2v) is 18.0. The van der Waals surface area contributed by atoms with E-state index in [0.29, 0.717) is 5.57 Å². The summed E-state index contributed by atoms with van der Waals surface area (Å²) in [5, 5.41) is -0.632. The van der Waals surface area contributed by atoms with Crippen molar-refractivity contribution in [2.24, 2.45) is 0 Å². The van der Waals surface area contributed by atoms with Crippen LogP contribution in [0.25, 0.3) is 0 Å². The van der Waals surface area contributed by atoms with Gasteiger partial charge < -0.3 is 9.16 Å². The first-order chi connectivity index (χ1) is 10.2. The molecule has 1 unspecified atom stereocenters. The second-order valence-electron chi connectivity index (χ2n) is 8.32. The molecule has 0 spiro atoms. The van der Waals surface area contributed by atoms with Gasteiger partial charge in [0.1, 0.15) is 5.22 Å². The van der Waals surface area contributed by atoms with E-state index in [-0.39, 0.29) is 11.2 Å². The molecule has 0 radical (unpaired) electrons. The maximum Gasteiger partial charge on any atom is 0.333 e. The van der Waals surface area contributed by atoms with Crippen LogP contribution in [0.5, 0.6) is 0 Å². The second kappa shape index (κ2) is 7.66. The van der Waals surface area contributed by atoms with Gasteiger partial charge in [0.2, 0.25) is 8.32 Å². The largest absolute Gasteiger partial charge is 0.457 e. The summed E-state index contributed by atoms with van der Waals surface area (Å²) >= 11 is 0. The van der Waals surface area contributed by atoms with Crippen LogP contribution in [-0.4, -0.2) is 32.8 Å². The predicted molar refractivity (Wildman–Crippen MR) is 105 cm³/mol. The zero-order chi connectivity index (χ0) is 18.7. The minimum absolute atomic E-state index is 0.117. The monoisotopic (exact) mass is 358 g/mol. The Bertz CT molecular complexity index is 434. The van der Waals surface area contributed by atoms with Gasteiger partial charge in [-0.2, -0.15) is 0 Å². The molecule has 3 nitrogen and oxygen atoms in total. The number of rotatable bonds is 9. The Morgan fingerprint density at radius 1 is 1.00 bits per heavy atom. The molecule has 1 atom stereocenters. The molecule has 0 aliphatic carbocycles. The van der Waals surface area contributed by atoms with Crippen LogP contribution in [0.3, 0.4) is 0 Å². The van der Waals surface area contributed by atoms with Gasteiger partial charge in [0, 0.05) is 10.8 Å². The van der Waals surface area contributed by atoms with E-state index in [0.717, 1.165) is 19.3 Å². The summed E-state index contributed by atoms with van der Waals surface area (Å²) in [4.78, 5) is 12.2. The van der Waals surface area contributed by atoms with Crippen molar-refractivity contribution >= 4 is 22.4 Å². The number of hydrogen-bond acceptors (Lipinski definition) is 3. The maximum absolute atomic E-state index is 12.2. The Morgan fingerprint density at radius 3 is 1.70 bits per heavy atom. The third-order valence-electron chi connectivity index (χ3n) is 5.62. The van der Waals surface area contributed by atoms with Crippen LogP contribution >= 0.6 is 0 Å². The smallest absolute Gasteiger partial charge is 0.333 e. The number of carbonyl (C=O) groups excluding carboxylic acids is 1. The molecule has 23 heavy (non-hydrogen) atoms. The van der Waals surface area contributed by atoms with Gasteiger partial charge in [-0.05, 0) is 46.2 Å². The standard InChI is InChI=1S/C18H38O3Si2/c1-12-17(6,22(7,8)9)21-23(10,11)18(13-2,14-3)20-16(19)15(4)5/h4,12-14H2,1-3,5-11H3. The van der Waals surface area contributed by atoms with E-state index >= 15 is 0 Å². The Morgan fingerprint density at radius 2 is 1.43 bits per heavy atom. The Hall–Kier alpha value is -0.396. The molecule has 0 aromatic carbocycles. The molecule has 0 fully saturated rings. The molecule has 0 aromatic heterocycles. The van der Waals surface area contributed by atoms with Crippen molar-refractivity contribution in [1.82, 2.24) is 0 Å². The quantitative estimate of drug-likeness (QED) is 0.311. The molecular formula is C18H38O3Si2. The Balaban J connectivity index is 5.78. The van der Waals surface area contributed by atoms with Crippen molar-refractivity contribution in [2.45, 2.75) is 97.1 Å². The highest BCUT2D eigenvalue weighted by Crippen LogP contribution is 2.40. The number of carbonyl (C=O) groups is 1. The van der Waals surface area contributed by atoms with Gasteiger partial charge in [0.05, 0.1) is 8.07 Å². The van der Waals surface area contributed by atoms with Crippen LogP contribution < -0.4 is 0 Å². The summed E-state index contributed by atoms with van der Waals surface area (Å²) in [6.07, 6.45) is 2.53. The SMILES string of the molecule is C=C(C)C(=O)OC(CC)(CC)[Si](C)(C)OC(C)(CC)[Si](C)(C)C. The normalized spacial score (nSPS) is 15.9. The maximum atomic E-state index is 12.2. The molecule has 5 heteroatoms. The van der Waals surface area contributed by atoms with E-state index in [9.17, 15) is 4.79 Å². The lowest BCUT2D eigenvalue weighted by molar-refractivity contribution is -0.150. The minimum Gasteiger partial charge on any atom is -0.457 e. The number of hydrogen-bond donors (Lipinski definition) is 0. The minimum atomic E-state index is -2.31. The molecule has 0 aromatic rings. The first kappa shape index (κ1) is 22.6. The van der Waals surface area contributed by atoms with E-state index in [1.165, 1.54) is 0 Å². The van der Waals surface area contributed by atoms with E-state index in [1.54, 1.807) is 6.92 Å². The fourth-order valence-electron chi connectivity index (χ4n) is 3.04. The predicted octanol–water partition coefficient (Wildman–Crippen LogP) is 5.47. The summed E-state index contributed by atoms with van der Waals surface area (Å²) in [5.74, 6) is -0.302. The van der Waals surface area contributed by atoms with E-state index in [4.69, 9.17) is 9.16 Å². The van der Waals surface area contributed by atoms with Gasteiger partial charge in [-0.15, -0.1) is 0 Å². The van der Waals surface area contributed by atoms with E-state index < -0.39 is 21.6 Å². The average Bonchev–Trinajstić information content (AvgIpc) is 2.42. The van der Waals surface area contributed by atoms with Crippen LogP contribution in [0.4, 0.5) is 0 Å². The molecule has 0 amide bonds. The molecule has 0 aliphatic rings. The molecule has 0 rings (SSSR count). The summed E-state index contributed by atoms with van der Waals surface area (Å²) in [6.45, 7) is 25.5. The Labute approximate surface area is 146 Å². The highest BCUT2D eigenvalue weighted by atomic mass is 28.4. The van der Waals surface area contributed by atoms with Crippen molar-refractivity contribution in [3.63, 3.8) is 0 Å². The zero-order valence-corrected chi connectivity index (χ0v) is 19.1. The molecular weight excluding hydrogens is 320 g/mol. The third-order valence-corrected chi connectivity index (χ3v) is 13.4. The van der Waals surface area contributed by atoms with Crippen LogP contribution in [0.2, 0.25) is 32.7 Å². The summed E-state index contributed by atoms with van der Waals surface area (Å²) in [6, 6.07) is 0. The lowest BCUT2D eigenvalue weighted by Crippen LogP contribution is -2.65. The molecule has 0 saturated carbocycles. The fourth-order valence-corrected chi connectivity index (χ4v) is 9.59. The summed E-state index contributed by atoms with van der Waals surface area (Å²) in [5.41, 5.74) is 0.449. The lowest BCUT2D eigenvalue weighted by atomic mass is 10.2. The molecule has 0 aliphatic heterocycles. The van der Waals surface area contributed by atoms with Gasteiger partial charge in [-0.25, -0.2) is 4.79 Å². The highest BCUT2D eigenvalue weighted by Gasteiger charge is 2.54. The van der Waals surface area contributed by atoms with Crippen molar-refractivity contribution in [2.75, 3.05) is 0 Å². The van der Waals surface area contributed by atoms with Crippen LogP contribution in [0.15, 0.2) is 12.2 Å². The number of esters is 1. The first-order valence-electron chi connectivity index (χ1n) is 8.81. The van der Waals surface area contributed by atoms with Crippen molar-refractivity contribution in [3.8, 4) is 0 Å². The number of ether oxygens (including phenoxy) is 1. The van der Waals surface area contributed by atoms with Crippen LogP contribution in [0, 0.1) is 0 Å². The van der Waals surface area contributed by atoms with Gasteiger partial charge in [-0.1, -0.05) is 47.0 Å². The average molecular weight is 359 g/mol. The Kier molecular flexibility index (Phi) is 7.53. The van der Waals surface area contributed by atoms with Crippen LogP contribution in [0.1, 0.15) is 53.9 Å². The van der Waals surface area contributed by atoms with Crippen LogP contribution in [-0.2, 0) is 14.0 Å².